The summed E-state index contributed by atoms with van der Waals surface area (Å²) in [6.07, 6.45) is 2.82. The Morgan fingerprint density at radius 3 is 3.07 bits per heavy atom. The highest BCUT2D eigenvalue weighted by molar-refractivity contribution is 9.10. The van der Waals surface area contributed by atoms with Crippen LogP contribution in [-0.2, 0) is 0 Å². The largest absolute Gasteiger partial charge is 0.396 e. The third-order valence-electron chi connectivity index (χ3n) is 2.98. The maximum Gasteiger partial charge on any atom is 0.142 e. The lowest BCUT2D eigenvalue weighted by Crippen LogP contribution is -2.28. The lowest BCUT2D eigenvalue weighted by Gasteiger charge is -2.23. The number of pyridine rings is 1. The highest BCUT2D eigenvalue weighted by Gasteiger charge is 2.34. The Morgan fingerprint density at radius 2 is 2.47 bits per heavy atom. The normalized spacial score (nSPS) is 25.9. The molecule has 1 unspecified atom stereocenters. The molecule has 0 aliphatic carbocycles. The summed E-state index contributed by atoms with van der Waals surface area (Å²) in [6, 6.07) is 3.91. The number of aliphatic hydroxyl groups excluding tert-OH is 1. The molecule has 1 N–H and O–H groups in total. The van der Waals surface area contributed by atoms with Crippen LogP contribution >= 0.6 is 15.9 Å². The molecule has 3 nitrogen and oxygen atoms in total. The zero-order valence-electron chi connectivity index (χ0n) is 8.78. The maximum absolute atomic E-state index is 9.30. The van der Waals surface area contributed by atoms with E-state index >= 15 is 0 Å². The van der Waals surface area contributed by atoms with Crippen molar-refractivity contribution in [3.63, 3.8) is 0 Å². The molecule has 1 aromatic rings. The van der Waals surface area contributed by atoms with Crippen molar-refractivity contribution in [3.8, 4) is 0 Å². The van der Waals surface area contributed by atoms with E-state index in [0.717, 1.165) is 29.8 Å². The van der Waals surface area contributed by atoms with Crippen LogP contribution in [0.3, 0.4) is 0 Å². The Balaban J connectivity index is 2.18. The lowest BCUT2D eigenvalue weighted by atomic mass is 9.91. The van der Waals surface area contributed by atoms with Crippen LogP contribution in [0.1, 0.15) is 13.3 Å². The first-order chi connectivity index (χ1) is 7.14. The van der Waals surface area contributed by atoms with Crippen LogP contribution in [-0.4, -0.2) is 29.8 Å². The van der Waals surface area contributed by atoms with E-state index in [1.807, 2.05) is 12.1 Å². The van der Waals surface area contributed by atoms with E-state index in [-0.39, 0.29) is 12.0 Å². The summed E-state index contributed by atoms with van der Waals surface area (Å²) in [6.45, 7) is 4.20. The second kappa shape index (κ2) is 4.10. The first kappa shape index (κ1) is 10.9. The number of rotatable bonds is 2. The van der Waals surface area contributed by atoms with Gasteiger partial charge in [0.15, 0.2) is 0 Å². The van der Waals surface area contributed by atoms with Crippen LogP contribution in [0.25, 0.3) is 0 Å². The highest BCUT2D eigenvalue weighted by atomic mass is 79.9. The minimum Gasteiger partial charge on any atom is -0.396 e. The summed E-state index contributed by atoms with van der Waals surface area (Å²) in [7, 11) is 0. The van der Waals surface area contributed by atoms with Gasteiger partial charge >= 0.3 is 0 Å². The second-order valence-corrected chi connectivity index (χ2v) is 5.30. The van der Waals surface area contributed by atoms with Crippen molar-refractivity contribution in [2.24, 2.45) is 5.41 Å². The first-order valence-electron chi connectivity index (χ1n) is 5.11. The van der Waals surface area contributed by atoms with Crippen molar-refractivity contribution < 1.29 is 5.11 Å². The molecule has 1 atom stereocenters. The van der Waals surface area contributed by atoms with Crippen molar-refractivity contribution in [3.05, 3.63) is 22.8 Å². The Labute approximate surface area is 98.3 Å². The molecule has 0 aromatic carbocycles. The van der Waals surface area contributed by atoms with Gasteiger partial charge in [0.05, 0.1) is 11.1 Å². The zero-order chi connectivity index (χ0) is 10.9. The zero-order valence-corrected chi connectivity index (χ0v) is 10.4. The van der Waals surface area contributed by atoms with E-state index in [4.69, 9.17) is 0 Å². The van der Waals surface area contributed by atoms with Gasteiger partial charge in [0.1, 0.15) is 5.82 Å². The predicted octanol–water partition coefficient (Wildman–Crippen LogP) is 2.05. The quantitative estimate of drug-likeness (QED) is 0.894. The molecule has 0 radical (unpaired) electrons. The average Bonchev–Trinajstić information content (AvgIpc) is 2.63. The minimum absolute atomic E-state index is 0.0248. The number of halogens is 1. The molecule has 0 spiro atoms. The summed E-state index contributed by atoms with van der Waals surface area (Å²) in [5.74, 6) is 0.981. The van der Waals surface area contributed by atoms with Gasteiger partial charge < -0.3 is 10.0 Å². The fourth-order valence-corrected chi connectivity index (χ4v) is 2.45. The molecule has 15 heavy (non-hydrogen) atoms. The lowest BCUT2D eigenvalue weighted by molar-refractivity contribution is 0.162. The molecule has 2 heterocycles. The van der Waals surface area contributed by atoms with Gasteiger partial charge in [-0.3, -0.25) is 0 Å². The van der Waals surface area contributed by atoms with Crippen LogP contribution in [0, 0.1) is 5.41 Å². The third-order valence-corrected chi connectivity index (χ3v) is 3.60. The van der Waals surface area contributed by atoms with Crippen LogP contribution in [0.2, 0.25) is 0 Å². The Bertz CT molecular complexity index is 358. The van der Waals surface area contributed by atoms with Gasteiger partial charge in [-0.2, -0.15) is 0 Å². The van der Waals surface area contributed by atoms with E-state index in [2.05, 4.69) is 32.7 Å². The van der Waals surface area contributed by atoms with Crippen molar-refractivity contribution in [2.75, 3.05) is 24.6 Å². The Hall–Kier alpha value is -0.610. The van der Waals surface area contributed by atoms with E-state index in [1.54, 1.807) is 6.20 Å². The second-order valence-electron chi connectivity index (χ2n) is 4.45. The van der Waals surface area contributed by atoms with Crippen LogP contribution in [0.15, 0.2) is 22.8 Å². The van der Waals surface area contributed by atoms with E-state index in [0.29, 0.717) is 0 Å². The maximum atomic E-state index is 9.30. The summed E-state index contributed by atoms with van der Waals surface area (Å²) in [4.78, 5) is 6.58. The van der Waals surface area contributed by atoms with Crippen LogP contribution in [0.5, 0.6) is 0 Å². The standard InChI is InChI=1S/C11H15BrN2O/c1-11(8-15)4-6-14(7-11)10-9(12)3-2-5-13-10/h2-3,5,15H,4,6-8H2,1H3. The molecule has 0 bridgehead atoms. The molecular weight excluding hydrogens is 256 g/mol. The Kier molecular flexibility index (Phi) is 2.98. The predicted molar refractivity (Wildman–Crippen MR) is 64.0 cm³/mol. The monoisotopic (exact) mass is 270 g/mol. The summed E-state index contributed by atoms with van der Waals surface area (Å²) in [5.41, 5.74) is 0.0248. The van der Waals surface area contributed by atoms with Gasteiger partial charge in [0.2, 0.25) is 0 Å². The van der Waals surface area contributed by atoms with E-state index in [1.165, 1.54) is 0 Å². The fourth-order valence-electron chi connectivity index (χ4n) is 1.94. The number of hydrogen-bond acceptors (Lipinski definition) is 3. The van der Waals surface area contributed by atoms with Gasteiger partial charge in [-0.1, -0.05) is 6.92 Å². The number of hydrogen-bond donors (Lipinski definition) is 1. The summed E-state index contributed by atoms with van der Waals surface area (Å²) in [5, 5.41) is 9.30. The molecule has 1 fully saturated rings. The van der Waals surface area contributed by atoms with Crippen molar-refractivity contribution in [1.29, 1.82) is 0 Å². The average molecular weight is 271 g/mol. The highest BCUT2D eigenvalue weighted by Crippen LogP contribution is 2.34. The number of anilines is 1. The molecule has 4 heteroatoms. The number of aromatic nitrogens is 1. The SMILES string of the molecule is CC1(CO)CCN(c2ncccc2Br)C1. The molecule has 1 aliphatic heterocycles. The Morgan fingerprint density at radius 1 is 1.67 bits per heavy atom. The fraction of sp³-hybridized carbons (Fsp3) is 0.545. The number of aliphatic hydroxyl groups is 1. The minimum atomic E-state index is 0.0248. The van der Waals surface area contributed by atoms with Gasteiger partial charge in [0.25, 0.3) is 0 Å². The summed E-state index contributed by atoms with van der Waals surface area (Å²) >= 11 is 3.50. The van der Waals surface area contributed by atoms with Crippen molar-refractivity contribution >= 4 is 21.7 Å². The van der Waals surface area contributed by atoms with Crippen LogP contribution in [0.4, 0.5) is 5.82 Å². The molecule has 1 aromatic heterocycles. The smallest absolute Gasteiger partial charge is 0.142 e. The molecule has 1 saturated heterocycles. The van der Waals surface area contributed by atoms with Gasteiger partial charge in [-0.05, 0) is 34.5 Å². The third kappa shape index (κ3) is 2.16. The van der Waals surface area contributed by atoms with E-state index in [9.17, 15) is 5.11 Å². The molecule has 82 valence electrons. The van der Waals surface area contributed by atoms with Gasteiger partial charge in [0, 0.05) is 24.7 Å². The topological polar surface area (TPSA) is 36.4 Å². The molecule has 0 saturated carbocycles. The van der Waals surface area contributed by atoms with Gasteiger partial charge in [-0.15, -0.1) is 0 Å². The first-order valence-corrected chi connectivity index (χ1v) is 5.90. The van der Waals surface area contributed by atoms with Gasteiger partial charge in [-0.25, -0.2) is 4.98 Å². The molecular formula is C11H15BrN2O. The number of nitrogens with zero attached hydrogens (tertiary/aromatic N) is 2. The van der Waals surface area contributed by atoms with Crippen molar-refractivity contribution in [1.82, 2.24) is 4.98 Å². The van der Waals surface area contributed by atoms with Crippen LogP contribution < -0.4 is 4.90 Å². The van der Waals surface area contributed by atoms with Crippen molar-refractivity contribution in [2.45, 2.75) is 13.3 Å². The molecule has 1 aliphatic rings. The molecule has 0 amide bonds. The molecule has 2 rings (SSSR count). The van der Waals surface area contributed by atoms with E-state index < -0.39 is 0 Å². The summed E-state index contributed by atoms with van der Waals surface area (Å²) < 4.78 is 1.02.